The second-order valence-corrected chi connectivity index (χ2v) is 9.07. The van der Waals surface area contributed by atoms with E-state index in [-0.39, 0.29) is 6.10 Å². The highest BCUT2D eigenvalue weighted by atomic mass is 35.5. The summed E-state index contributed by atoms with van der Waals surface area (Å²) >= 11 is 12.6. The van der Waals surface area contributed by atoms with Crippen LogP contribution in [0.2, 0.25) is 10.0 Å². The fourth-order valence-electron chi connectivity index (χ4n) is 4.11. The van der Waals surface area contributed by atoms with Gasteiger partial charge in [-0.1, -0.05) is 23.2 Å². The smallest absolute Gasteiger partial charge is 0.128 e. The van der Waals surface area contributed by atoms with E-state index >= 15 is 0 Å². The number of likely N-dealkylation sites (N-methyl/N-ethyl adjacent to an activating group) is 1. The third-order valence-electron chi connectivity index (χ3n) is 5.99. The van der Waals surface area contributed by atoms with Gasteiger partial charge >= 0.3 is 0 Å². The van der Waals surface area contributed by atoms with Crippen molar-refractivity contribution in [2.45, 2.75) is 13.0 Å². The largest absolute Gasteiger partial charge is 0.486 e. The van der Waals surface area contributed by atoms with Gasteiger partial charge in [0.2, 0.25) is 0 Å². The number of fused-ring (bicyclic) bond motifs is 1. The van der Waals surface area contributed by atoms with Gasteiger partial charge < -0.3 is 14.5 Å². The molecule has 3 aromatic heterocycles. The molecule has 5 rings (SSSR count). The molecule has 7 nitrogen and oxygen atoms in total. The predicted octanol–water partition coefficient (Wildman–Crippen LogP) is 5.22. The predicted molar refractivity (Wildman–Crippen MR) is 132 cm³/mol. The molecule has 1 aliphatic heterocycles. The lowest BCUT2D eigenvalue weighted by Gasteiger charge is -2.33. The minimum atomic E-state index is -0.342. The van der Waals surface area contributed by atoms with Crippen molar-refractivity contribution in [3.63, 3.8) is 0 Å². The maximum absolute atomic E-state index is 6.29. The van der Waals surface area contributed by atoms with E-state index in [1.165, 1.54) is 0 Å². The number of pyridine rings is 2. The lowest BCUT2D eigenvalue weighted by molar-refractivity contribution is 0.227. The summed E-state index contributed by atoms with van der Waals surface area (Å²) in [5, 5.41) is 9.55. The van der Waals surface area contributed by atoms with Crippen molar-refractivity contribution < 1.29 is 4.74 Å². The lowest BCUT2D eigenvalue weighted by atomic mass is 10.1. The average molecular weight is 483 g/mol. The monoisotopic (exact) mass is 482 g/mol. The van der Waals surface area contributed by atoms with E-state index in [0.29, 0.717) is 21.4 Å². The van der Waals surface area contributed by atoms with Crippen LogP contribution in [-0.2, 0) is 0 Å². The molecule has 9 heteroatoms. The van der Waals surface area contributed by atoms with E-state index in [4.69, 9.17) is 32.9 Å². The van der Waals surface area contributed by atoms with Gasteiger partial charge in [0.05, 0.1) is 15.6 Å². The number of halogens is 2. The summed E-state index contributed by atoms with van der Waals surface area (Å²) in [5.74, 6) is 1.69. The number of piperazine rings is 1. The SMILES string of the molecule is C[C@@H](Oc1ccc2[nH]nc(-c3ccc(N4CCN(C)CC4)nc3)c2c1)c1c(Cl)cncc1Cl. The zero-order valence-electron chi connectivity index (χ0n) is 18.4. The Morgan fingerprint density at radius 1 is 1.00 bits per heavy atom. The van der Waals surface area contributed by atoms with Crippen LogP contribution in [0.1, 0.15) is 18.6 Å². The van der Waals surface area contributed by atoms with Crippen molar-refractivity contribution in [2.24, 2.45) is 0 Å². The van der Waals surface area contributed by atoms with Crippen molar-refractivity contribution in [1.29, 1.82) is 0 Å². The fourth-order valence-corrected chi connectivity index (χ4v) is 4.78. The molecule has 1 saturated heterocycles. The number of benzene rings is 1. The second kappa shape index (κ2) is 9.17. The third-order valence-corrected chi connectivity index (χ3v) is 6.60. The van der Waals surface area contributed by atoms with Gasteiger partial charge in [-0.2, -0.15) is 5.10 Å². The van der Waals surface area contributed by atoms with Gasteiger partial charge in [0.25, 0.3) is 0 Å². The molecule has 0 spiro atoms. The summed E-state index contributed by atoms with van der Waals surface area (Å²) in [6.07, 6.45) is 4.68. The molecule has 170 valence electrons. The van der Waals surface area contributed by atoms with Crippen LogP contribution in [0.3, 0.4) is 0 Å². The molecule has 4 aromatic rings. The first kappa shape index (κ1) is 21.9. The molecule has 1 N–H and O–H groups in total. The van der Waals surface area contributed by atoms with Crippen LogP contribution in [0, 0.1) is 0 Å². The number of aromatic amines is 1. The quantitative estimate of drug-likeness (QED) is 0.420. The summed E-state index contributed by atoms with van der Waals surface area (Å²) in [6, 6.07) is 9.97. The zero-order chi connectivity index (χ0) is 22.9. The number of ether oxygens (including phenoxy) is 1. The van der Waals surface area contributed by atoms with E-state index in [9.17, 15) is 0 Å². The maximum atomic E-state index is 6.29. The first-order valence-electron chi connectivity index (χ1n) is 10.8. The molecule has 4 heterocycles. The summed E-state index contributed by atoms with van der Waals surface area (Å²) in [4.78, 5) is 13.4. The number of anilines is 1. The standard InChI is InChI=1S/C24H24Cl2N6O/c1-15(23-19(25)13-27-14-20(23)26)33-17-4-5-21-18(11-17)24(30-29-21)16-3-6-22(28-12-16)32-9-7-31(2)8-10-32/h3-6,11-15H,7-10H2,1-2H3,(H,29,30)/t15-/m1/s1. The number of hydrogen-bond donors (Lipinski definition) is 1. The third kappa shape index (κ3) is 4.49. The summed E-state index contributed by atoms with van der Waals surface area (Å²) in [6.45, 7) is 5.97. The van der Waals surface area contributed by atoms with Gasteiger partial charge in [0.1, 0.15) is 23.4 Å². The minimum Gasteiger partial charge on any atom is -0.486 e. The molecule has 1 aromatic carbocycles. The molecule has 0 bridgehead atoms. The number of nitrogens with one attached hydrogen (secondary N) is 1. The molecule has 0 saturated carbocycles. The van der Waals surface area contributed by atoms with Crippen LogP contribution in [0.5, 0.6) is 5.75 Å². The summed E-state index contributed by atoms with van der Waals surface area (Å²) in [7, 11) is 2.15. The highest BCUT2D eigenvalue weighted by molar-refractivity contribution is 6.35. The van der Waals surface area contributed by atoms with Gasteiger partial charge in [0, 0.05) is 61.3 Å². The highest BCUT2D eigenvalue weighted by Gasteiger charge is 2.18. The first-order chi connectivity index (χ1) is 16.0. The Bertz CT molecular complexity index is 1250. The van der Waals surface area contributed by atoms with E-state index in [1.807, 2.05) is 31.3 Å². The van der Waals surface area contributed by atoms with Crippen LogP contribution >= 0.6 is 23.2 Å². The Kier molecular flexibility index (Phi) is 6.10. The molecular formula is C24H24Cl2N6O. The number of nitrogens with zero attached hydrogens (tertiary/aromatic N) is 5. The molecular weight excluding hydrogens is 459 g/mol. The topological polar surface area (TPSA) is 70.2 Å². The van der Waals surface area contributed by atoms with Crippen molar-refractivity contribution in [3.05, 3.63) is 64.5 Å². The molecule has 0 radical (unpaired) electrons. The fraction of sp³-hybridized carbons (Fsp3) is 0.292. The number of aromatic nitrogens is 4. The summed E-state index contributed by atoms with van der Waals surface area (Å²) < 4.78 is 6.17. The second-order valence-electron chi connectivity index (χ2n) is 8.25. The van der Waals surface area contributed by atoms with Crippen molar-refractivity contribution in [1.82, 2.24) is 25.1 Å². The van der Waals surface area contributed by atoms with Gasteiger partial charge in [-0.25, -0.2) is 4.98 Å². The van der Waals surface area contributed by atoms with Crippen LogP contribution in [-0.4, -0.2) is 58.3 Å². The van der Waals surface area contributed by atoms with Crippen LogP contribution < -0.4 is 9.64 Å². The van der Waals surface area contributed by atoms with Gasteiger partial charge in [-0.05, 0) is 44.3 Å². The molecule has 33 heavy (non-hydrogen) atoms. The van der Waals surface area contributed by atoms with E-state index in [0.717, 1.165) is 54.2 Å². The van der Waals surface area contributed by atoms with Crippen LogP contribution in [0.4, 0.5) is 5.82 Å². The van der Waals surface area contributed by atoms with E-state index in [1.54, 1.807) is 12.4 Å². The first-order valence-corrected chi connectivity index (χ1v) is 11.6. The Hall–Kier alpha value is -2.87. The average Bonchev–Trinajstić information content (AvgIpc) is 3.23. The van der Waals surface area contributed by atoms with E-state index < -0.39 is 0 Å². The number of rotatable bonds is 5. The van der Waals surface area contributed by atoms with Crippen molar-refractivity contribution in [2.75, 3.05) is 38.1 Å². The Balaban J connectivity index is 1.39. The lowest BCUT2D eigenvalue weighted by Crippen LogP contribution is -2.44. The van der Waals surface area contributed by atoms with Crippen LogP contribution in [0.15, 0.2) is 48.9 Å². The molecule has 1 fully saturated rings. The summed E-state index contributed by atoms with van der Waals surface area (Å²) in [5.41, 5.74) is 3.42. The maximum Gasteiger partial charge on any atom is 0.128 e. The number of H-pyrrole nitrogens is 1. The molecule has 1 aliphatic rings. The van der Waals surface area contributed by atoms with Crippen molar-refractivity contribution >= 4 is 39.9 Å². The minimum absolute atomic E-state index is 0.342. The van der Waals surface area contributed by atoms with E-state index in [2.05, 4.69) is 44.2 Å². The Morgan fingerprint density at radius 2 is 1.76 bits per heavy atom. The highest BCUT2D eigenvalue weighted by Crippen LogP contribution is 2.35. The molecule has 0 aliphatic carbocycles. The van der Waals surface area contributed by atoms with Crippen LogP contribution in [0.25, 0.3) is 22.2 Å². The number of hydrogen-bond acceptors (Lipinski definition) is 6. The Labute approximate surface area is 202 Å². The van der Waals surface area contributed by atoms with Gasteiger partial charge in [0.15, 0.2) is 0 Å². The van der Waals surface area contributed by atoms with Crippen molar-refractivity contribution in [3.8, 4) is 17.0 Å². The Morgan fingerprint density at radius 3 is 2.45 bits per heavy atom. The van der Waals surface area contributed by atoms with Gasteiger partial charge in [-0.15, -0.1) is 0 Å². The zero-order valence-corrected chi connectivity index (χ0v) is 19.9. The van der Waals surface area contributed by atoms with Gasteiger partial charge in [-0.3, -0.25) is 10.1 Å². The molecule has 0 amide bonds. The molecule has 0 unspecified atom stereocenters. The normalized spacial score (nSPS) is 15.7. The molecule has 1 atom stereocenters.